The highest BCUT2D eigenvalue weighted by molar-refractivity contribution is 6.30. The van der Waals surface area contributed by atoms with Gasteiger partial charge in [-0.15, -0.1) is 0 Å². The van der Waals surface area contributed by atoms with Gasteiger partial charge in [-0.1, -0.05) is 48.0 Å². The summed E-state index contributed by atoms with van der Waals surface area (Å²) in [7, 11) is 0. The molecule has 1 aromatic heterocycles. The molecule has 0 atom stereocenters. The van der Waals surface area contributed by atoms with Crippen molar-refractivity contribution < 1.29 is 4.79 Å². The van der Waals surface area contributed by atoms with Crippen LogP contribution in [0, 0.1) is 0 Å². The third-order valence-electron chi connectivity index (χ3n) is 4.18. The maximum Gasteiger partial charge on any atom is 0.251 e. The summed E-state index contributed by atoms with van der Waals surface area (Å²) in [5.74, 6) is -0.130. The lowest BCUT2D eigenvalue weighted by Crippen LogP contribution is -2.22. The predicted molar refractivity (Wildman–Crippen MR) is 102 cm³/mol. The number of hydrogen-bond donors (Lipinski definition) is 1. The van der Waals surface area contributed by atoms with Crippen LogP contribution in [0.25, 0.3) is 21.8 Å². The van der Waals surface area contributed by atoms with Crippen molar-refractivity contribution >= 4 is 39.3 Å². The maximum atomic E-state index is 12.3. The molecule has 0 bridgehead atoms. The molecule has 4 heteroatoms. The molecule has 122 valence electrons. The molecule has 0 aliphatic carbocycles. The number of carbonyl (C=O) groups is 1. The fraction of sp³-hybridized carbons (Fsp3) is 0.0476. The third kappa shape index (κ3) is 3.19. The summed E-state index contributed by atoms with van der Waals surface area (Å²) in [4.78, 5) is 17.1. The third-order valence-corrected chi connectivity index (χ3v) is 4.43. The number of fused-ring (bicyclic) bond motifs is 2. The van der Waals surface area contributed by atoms with Gasteiger partial charge in [0.1, 0.15) is 0 Å². The van der Waals surface area contributed by atoms with E-state index in [1.54, 1.807) is 24.3 Å². The van der Waals surface area contributed by atoms with Gasteiger partial charge in [0.05, 0.1) is 11.0 Å². The van der Waals surface area contributed by atoms with Crippen LogP contribution in [0.4, 0.5) is 0 Å². The fourth-order valence-electron chi connectivity index (χ4n) is 2.88. The number of benzene rings is 3. The number of para-hydroxylation sites is 2. The average molecular weight is 347 g/mol. The number of nitrogens with one attached hydrogen (secondary N) is 1. The van der Waals surface area contributed by atoms with Crippen molar-refractivity contribution in [2.24, 2.45) is 0 Å². The highest BCUT2D eigenvalue weighted by atomic mass is 35.5. The number of pyridine rings is 1. The van der Waals surface area contributed by atoms with Gasteiger partial charge in [0.25, 0.3) is 5.91 Å². The molecule has 1 heterocycles. The van der Waals surface area contributed by atoms with Crippen molar-refractivity contribution in [1.29, 1.82) is 0 Å². The standard InChI is InChI=1S/C21H15ClN2O/c22-18-10-8-14(9-11-18)21(25)23-13-17-6-3-5-16-12-15-4-1-2-7-19(15)24-20(16)17/h1-12H,13H2,(H,23,25). The second kappa shape index (κ2) is 6.54. The zero-order valence-electron chi connectivity index (χ0n) is 13.4. The summed E-state index contributed by atoms with van der Waals surface area (Å²) in [6.07, 6.45) is 0. The van der Waals surface area contributed by atoms with E-state index in [4.69, 9.17) is 16.6 Å². The molecule has 0 radical (unpaired) electrons. The monoisotopic (exact) mass is 346 g/mol. The zero-order chi connectivity index (χ0) is 17.2. The lowest BCUT2D eigenvalue weighted by molar-refractivity contribution is 0.0951. The van der Waals surface area contributed by atoms with Crippen molar-refractivity contribution in [3.8, 4) is 0 Å². The predicted octanol–water partition coefficient (Wildman–Crippen LogP) is 4.97. The Morgan fingerprint density at radius 1 is 0.920 bits per heavy atom. The van der Waals surface area contributed by atoms with E-state index in [-0.39, 0.29) is 5.91 Å². The first kappa shape index (κ1) is 15.6. The molecule has 0 spiro atoms. The number of aromatic nitrogens is 1. The van der Waals surface area contributed by atoms with E-state index in [1.165, 1.54) is 0 Å². The first-order chi connectivity index (χ1) is 12.2. The average Bonchev–Trinajstić information content (AvgIpc) is 2.65. The van der Waals surface area contributed by atoms with Gasteiger partial charge in [0, 0.05) is 27.9 Å². The maximum absolute atomic E-state index is 12.3. The van der Waals surface area contributed by atoms with Crippen molar-refractivity contribution in [2.45, 2.75) is 6.54 Å². The Bertz CT molecular complexity index is 1070. The molecule has 4 rings (SSSR count). The van der Waals surface area contributed by atoms with Gasteiger partial charge < -0.3 is 5.32 Å². The Kier molecular flexibility index (Phi) is 4.08. The van der Waals surface area contributed by atoms with Crippen LogP contribution in [0.5, 0.6) is 0 Å². The summed E-state index contributed by atoms with van der Waals surface area (Å²) < 4.78 is 0. The molecule has 3 nitrogen and oxygen atoms in total. The van der Waals surface area contributed by atoms with E-state index in [1.807, 2.05) is 36.4 Å². The van der Waals surface area contributed by atoms with Gasteiger partial charge in [-0.2, -0.15) is 0 Å². The number of halogens is 1. The molecule has 1 amide bonds. The number of carbonyl (C=O) groups excluding carboxylic acids is 1. The van der Waals surface area contributed by atoms with Crippen LogP contribution >= 0.6 is 11.6 Å². The van der Waals surface area contributed by atoms with Gasteiger partial charge in [-0.25, -0.2) is 4.98 Å². The van der Waals surface area contributed by atoms with Crippen molar-refractivity contribution in [1.82, 2.24) is 10.3 Å². The smallest absolute Gasteiger partial charge is 0.251 e. The zero-order valence-corrected chi connectivity index (χ0v) is 14.1. The topological polar surface area (TPSA) is 42.0 Å². The van der Waals surface area contributed by atoms with Gasteiger partial charge in [0.15, 0.2) is 0 Å². The normalized spacial score (nSPS) is 10.9. The van der Waals surface area contributed by atoms with Crippen LogP contribution in [-0.4, -0.2) is 10.9 Å². The van der Waals surface area contributed by atoms with Crippen molar-refractivity contribution in [3.05, 3.63) is 88.9 Å². The summed E-state index contributed by atoms with van der Waals surface area (Å²) in [6.45, 7) is 0.421. The summed E-state index contributed by atoms with van der Waals surface area (Å²) in [5, 5.41) is 5.74. The molecule has 0 aliphatic heterocycles. The van der Waals surface area contributed by atoms with E-state index in [0.29, 0.717) is 17.1 Å². The lowest BCUT2D eigenvalue weighted by atomic mass is 10.1. The number of rotatable bonds is 3. The molecule has 1 N–H and O–H groups in total. The lowest BCUT2D eigenvalue weighted by Gasteiger charge is -2.09. The Morgan fingerprint density at radius 3 is 2.52 bits per heavy atom. The van der Waals surface area contributed by atoms with Gasteiger partial charge in [0.2, 0.25) is 0 Å². The highest BCUT2D eigenvalue weighted by Gasteiger charge is 2.08. The van der Waals surface area contributed by atoms with Crippen LogP contribution in [0.2, 0.25) is 5.02 Å². The Morgan fingerprint density at radius 2 is 1.68 bits per heavy atom. The summed E-state index contributed by atoms with van der Waals surface area (Å²) in [5.41, 5.74) is 3.44. The first-order valence-corrected chi connectivity index (χ1v) is 8.40. The molecule has 0 saturated carbocycles. The van der Waals surface area contributed by atoms with Gasteiger partial charge >= 0.3 is 0 Å². The Labute approximate surface area is 150 Å². The first-order valence-electron chi connectivity index (χ1n) is 8.02. The van der Waals surface area contributed by atoms with Crippen molar-refractivity contribution in [2.75, 3.05) is 0 Å². The van der Waals surface area contributed by atoms with E-state index in [2.05, 4.69) is 17.4 Å². The van der Waals surface area contributed by atoms with Crippen LogP contribution in [0.1, 0.15) is 15.9 Å². The van der Waals surface area contributed by atoms with Crippen LogP contribution < -0.4 is 5.32 Å². The fourth-order valence-corrected chi connectivity index (χ4v) is 3.01. The van der Waals surface area contributed by atoms with Crippen LogP contribution in [-0.2, 0) is 6.54 Å². The minimum absolute atomic E-state index is 0.130. The quantitative estimate of drug-likeness (QED) is 0.532. The van der Waals surface area contributed by atoms with E-state index >= 15 is 0 Å². The second-order valence-electron chi connectivity index (χ2n) is 5.86. The Balaban J connectivity index is 1.63. The molecule has 25 heavy (non-hydrogen) atoms. The minimum atomic E-state index is -0.130. The van der Waals surface area contributed by atoms with E-state index < -0.39 is 0 Å². The molecule has 4 aromatic rings. The molecule has 0 saturated heterocycles. The highest BCUT2D eigenvalue weighted by Crippen LogP contribution is 2.22. The number of hydrogen-bond acceptors (Lipinski definition) is 2. The molecular weight excluding hydrogens is 332 g/mol. The van der Waals surface area contributed by atoms with Crippen LogP contribution in [0.15, 0.2) is 72.8 Å². The van der Waals surface area contributed by atoms with Crippen LogP contribution in [0.3, 0.4) is 0 Å². The van der Waals surface area contributed by atoms with Gasteiger partial charge in [-0.05, 0) is 42.0 Å². The summed E-state index contributed by atoms with van der Waals surface area (Å²) in [6, 6.07) is 23.0. The number of amides is 1. The number of nitrogens with zero attached hydrogens (tertiary/aromatic N) is 1. The van der Waals surface area contributed by atoms with E-state index in [0.717, 1.165) is 27.4 Å². The Hall–Kier alpha value is -2.91. The summed E-state index contributed by atoms with van der Waals surface area (Å²) >= 11 is 5.86. The minimum Gasteiger partial charge on any atom is -0.348 e. The molecule has 3 aromatic carbocycles. The second-order valence-corrected chi connectivity index (χ2v) is 6.30. The molecular formula is C21H15ClN2O. The van der Waals surface area contributed by atoms with E-state index in [9.17, 15) is 4.79 Å². The van der Waals surface area contributed by atoms with Gasteiger partial charge in [-0.3, -0.25) is 4.79 Å². The van der Waals surface area contributed by atoms with Crippen molar-refractivity contribution in [3.63, 3.8) is 0 Å². The molecule has 0 unspecified atom stereocenters. The largest absolute Gasteiger partial charge is 0.348 e. The molecule has 0 fully saturated rings. The molecule has 0 aliphatic rings. The SMILES string of the molecule is O=C(NCc1cccc2cc3ccccc3nc12)c1ccc(Cl)cc1.